The summed E-state index contributed by atoms with van der Waals surface area (Å²) < 4.78 is 6.80. The molecule has 7 nitrogen and oxygen atoms in total. The standard InChI is InChI=1S/C18H18ClN5O2S/c1-26-15-9-5-4-8-14(15)21-16(25)10-24-17(20)22-23-18(24)27-11-12-6-2-3-7-13(12)19/h2-9H,10-11H2,1H3,(H2,20,22)(H,21,25). The first-order chi connectivity index (χ1) is 13.1. The number of hydrogen-bond donors (Lipinski definition) is 2. The molecule has 1 amide bonds. The summed E-state index contributed by atoms with van der Waals surface area (Å²) in [6.45, 7) is -0.0122. The fourth-order valence-corrected chi connectivity index (χ4v) is 3.62. The van der Waals surface area contributed by atoms with E-state index in [0.29, 0.717) is 27.4 Å². The number of carbonyl (C=O) groups is 1. The van der Waals surface area contributed by atoms with Gasteiger partial charge in [0.25, 0.3) is 0 Å². The van der Waals surface area contributed by atoms with Gasteiger partial charge in [0.1, 0.15) is 12.3 Å². The molecule has 2 aromatic carbocycles. The van der Waals surface area contributed by atoms with Crippen LogP contribution in [0.25, 0.3) is 0 Å². The van der Waals surface area contributed by atoms with Gasteiger partial charge in [-0.25, -0.2) is 0 Å². The predicted molar refractivity (Wildman–Crippen MR) is 107 cm³/mol. The van der Waals surface area contributed by atoms with Crippen LogP contribution in [0.2, 0.25) is 5.02 Å². The van der Waals surface area contributed by atoms with Crippen LogP contribution in [0.4, 0.5) is 11.6 Å². The Morgan fingerprint density at radius 2 is 1.96 bits per heavy atom. The molecule has 1 aromatic heterocycles. The third kappa shape index (κ3) is 4.72. The Morgan fingerprint density at radius 1 is 1.22 bits per heavy atom. The SMILES string of the molecule is COc1ccccc1NC(=O)Cn1c(N)nnc1SCc1ccccc1Cl. The van der Waals surface area contributed by atoms with Gasteiger partial charge in [0.05, 0.1) is 12.8 Å². The van der Waals surface area contributed by atoms with E-state index >= 15 is 0 Å². The van der Waals surface area contributed by atoms with Gasteiger partial charge in [-0.2, -0.15) is 0 Å². The lowest BCUT2D eigenvalue weighted by atomic mass is 10.2. The molecule has 0 aliphatic carbocycles. The molecule has 3 N–H and O–H groups in total. The zero-order chi connectivity index (χ0) is 19.2. The van der Waals surface area contributed by atoms with Crippen LogP contribution >= 0.6 is 23.4 Å². The molecular weight excluding hydrogens is 386 g/mol. The third-order valence-electron chi connectivity index (χ3n) is 3.74. The average molecular weight is 404 g/mol. The maximum Gasteiger partial charge on any atom is 0.244 e. The van der Waals surface area contributed by atoms with E-state index in [1.54, 1.807) is 23.8 Å². The number of rotatable bonds is 7. The Balaban J connectivity index is 1.69. The molecule has 0 spiro atoms. The topological polar surface area (TPSA) is 95.1 Å². The Kier molecular flexibility index (Phi) is 6.20. The molecule has 27 heavy (non-hydrogen) atoms. The summed E-state index contributed by atoms with van der Waals surface area (Å²) in [5, 5.41) is 12.0. The monoisotopic (exact) mass is 403 g/mol. The number of hydrogen-bond acceptors (Lipinski definition) is 6. The highest BCUT2D eigenvalue weighted by Crippen LogP contribution is 2.27. The summed E-state index contributed by atoms with van der Waals surface area (Å²) in [5.41, 5.74) is 7.44. The van der Waals surface area contributed by atoms with Gasteiger partial charge in [0.2, 0.25) is 11.9 Å². The van der Waals surface area contributed by atoms with Gasteiger partial charge in [-0.1, -0.05) is 53.7 Å². The molecule has 0 bridgehead atoms. The van der Waals surface area contributed by atoms with E-state index in [1.165, 1.54) is 11.8 Å². The van der Waals surface area contributed by atoms with Crippen molar-refractivity contribution in [2.75, 3.05) is 18.2 Å². The van der Waals surface area contributed by atoms with Crippen molar-refractivity contribution < 1.29 is 9.53 Å². The van der Waals surface area contributed by atoms with Gasteiger partial charge in [-0.05, 0) is 23.8 Å². The van der Waals surface area contributed by atoms with Crippen LogP contribution in [0.15, 0.2) is 53.7 Å². The van der Waals surface area contributed by atoms with Gasteiger partial charge in [0, 0.05) is 10.8 Å². The number of ether oxygens (including phenoxy) is 1. The molecule has 0 atom stereocenters. The van der Waals surface area contributed by atoms with Gasteiger partial charge in [-0.3, -0.25) is 9.36 Å². The average Bonchev–Trinajstić information content (AvgIpc) is 3.01. The number of halogens is 1. The minimum absolute atomic E-state index is 0.0122. The van der Waals surface area contributed by atoms with E-state index in [-0.39, 0.29) is 18.4 Å². The predicted octanol–water partition coefficient (Wildman–Crippen LogP) is 3.45. The molecule has 0 saturated carbocycles. The summed E-state index contributed by atoms with van der Waals surface area (Å²) >= 11 is 7.59. The normalized spacial score (nSPS) is 10.6. The van der Waals surface area contributed by atoms with E-state index in [0.717, 1.165) is 5.56 Å². The van der Waals surface area contributed by atoms with Crippen LogP contribution in [-0.2, 0) is 17.1 Å². The van der Waals surface area contributed by atoms with Crippen LogP contribution in [0.5, 0.6) is 5.75 Å². The molecule has 3 rings (SSSR count). The molecule has 3 aromatic rings. The number of benzene rings is 2. The minimum atomic E-state index is -0.259. The second kappa shape index (κ2) is 8.79. The number of amides is 1. The van der Waals surface area contributed by atoms with Crippen LogP contribution < -0.4 is 15.8 Å². The molecule has 140 valence electrons. The van der Waals surface area contributed by atoms with Crippen molar-refractivity contribution in [1.29, 1.82) is 0 Å². The first-order valence-corrected chi connectivity index (χ1v) is 9.42. The van der Waals surface area contributed by atoms with E-state index in [4.69, 9.17) is 22.1 Å². The first-order valence-electron chi connectivity index (χ1n) is 8.06. The van der Waals surface area contributed by atoms with Crippen LogP contribution in [0.3, 0.4) is 0 Å². The Hall–Kier alpha value is -2.71. The van der Waals surface area contributed by atoms with E-state index in [9.17, 15) is 4.79 Å². The number of carbonyl (C=O) groups excluding carboxylic acids is 1. The van der Waals surface area contributed by atoms with E-state index in [1.807, 2.05) is 36.4 Å². The van der Waals surface area contributed by atoms with Crippen LogP contribution in [-0.4, -0.2) is 27.8 Å². The van der Waals surface area contributed by atoms with Crippen molar-refractivity contribution >= 4 is 40.9 Å². The zero-order valence-corrected chi connectivity index (χ0v) is 16.1. The van der Waals surface area contributed by atoms with Crippen molar-refractivity contribution in [3.8, 4) is 5.75 Å². The fourth-order valence-electron chi connectivity index (χ4n) is 2.39. The molecule has 9 heteroatoms. The summed E-state index contributed by atoms with van der Waals surface area (Å²) in [6.07, 6.45) is 0. The Labute approximate surface area is 165 Å². The molecule has 0 saturated heterocycles. The van der Waals surface area contributed by atoms with Crippen LogP contribution in [0.1, 0.15) is 5.56 Å². The van der Waals surface area contributed by atoms with Crippen molar-refractivity contribution in [2.45, 2.75) is 17.5 Å². The second-order valence-corrected chi connectivity index (χ2v) is 6.91. The number of nitrogens with zero attached hydrogens (tertiary/aromatic N) is 3. The maximum absolute atomic E-state index is 12.5. The number of nitrogens with two attached hydrogens (primary N) is 1. The number of nitrogens with one attached hydrogen (secondary N) is 1. The highest BCUT2D eigenvalue weighted by atomic mass is 35.5. The van der Waals surface area contributed by atoms with Gasteiger partial charge < -0.3 is 15.8 Å². The lowest BCUT2D eigenvalue weighted by Gasteiger charge is -2.11. The highest BCUT2D eigenvalue weighted by Gasteiger charge is 2.15. The maximum atomic E-state index is 12.5. The minimum Gasteiger partial charge on any atom is -0.495 e. The van der Waals surface area contributed by atoms with Crippen molar-refractivity contribution in [3.63, 3.8) is 0 Å². The molecule has 0 aliphatic rings. The molecular formula is C18H18ClN5O2S. The number of para-hydroxylation sites is 2. The largest absolute Gasteiger partial charge is 0.495 e. The lowest BCUT2D eigenvalue weighted by Crippen LogP contribution is -2.20. The van der Waals surface area contributed by atoms with Crippen molar-refractivity contribution in [2.24, 2.45) is 0 Å². The number of nitrogen functional groups attached to an aromatic ring is 1. The number of aromatic nitrogens is 3. The zero-order valence-electron chi connectivity index (χ0n) is 14.6. The highest BCUT2D eigenvalue weighted by molar-refractivity contribution is 7.98. The summed E-state index contributed by atoms with van der Waals surface area (Å²) in [6, 6.07) is 14.7. The summed E-state index contributed by atoms with van der Waals surface area (Å²) in [5.74, 6) is 1.08. The second-order valence-electron chi connectivity index (χ2n) is 5.56. The van der Waals surface area contributed by atoms with Crippen LogP contribution in [0, 0.1) is 0 Å². The summed E-state index contributed by atoms with van der Waals surface area (Å²) in [4.78, 5) is 12.5. The molecule has 1 heterocycles. The third-order valence-corrected chi connectivity index (χ3v) is 5.13. The number of methoxy groups -OCH3 is 1. The molecule has 0 radical (unpaired) electrons. The number of anilines is 2. The Morgan fingerprint density at radius 3 is 2.74 bits per heavy atom. The quantitative estimate of drug-likeness (QED) is 0.586. The molecule has 0 unspecified atom stereocenters. The first kappa shape index (κ1) is 19.1. The molecule has 0 aliphatic heterocycles. The molecule has 0 fully saturated rings. The van der Waals surface area contributed by atoms with E-state index < -0.39 is 0 Å². The summed E-state index contributed by atoms with van der Waals surface area (Å²) in [7, 11) is 1.55. The van der Waals surface area contributed by atoms with Crippen molar-refractivity contribution in [1.82, 2.24) is 14.8 Å². The van der Waals surface area contributed by atoms with Crippen molar-refractivity contribution in [3.05, 3.63) is 59.1 Å². The van der Waals surface area contributed by atoms with Gasteiger partial charge in [0.15, 0.2) is 5.16 Å². The van der Waals surface area contributed by atoms with Gasteiger partial charge >= 0.3 is 0 Å². The fraction of sp³-hybridized carbons (Fsp3) is 0.167. The van der Waals surface area contributed by atoms with E-state index in [2.05, 4.69) is 15.5 Å². The Bertz CT molecular complexity index is 947. The van der Waals surface area contributed by atoms with Gasteiger partial charge in [-0.15, -0.1) is 10.2 Å². The lowest BCUT2D eigenvalue weighted by molar-refractivity contribution is -0.116. The smallest absolute Gasteiger partial charge is 0.244 e. The number of thioether (sulfide) groups is 1.